The Labute approximate surface area is 128 Å². The van der Waals surface area contributed by atoms with Gasteiger partial charge in [0.2, 0.25) is 15.9 Å². The van der Waals surface area contributed by atoms with E-state index in [1.54, 1.807) is 12.1 Å². The lowest BCUT2D eigenvalue weighted by Gasteiger charge is -2.11. The topological polar surface area (TPSA) is 75.3 Å². The number of hydrogen-bond acceptors (Lipinski definition) is 3. The van der Waals surface area contributed by atoms with Crippen LogP contribution in [0.5, 0.6) is 0 Å². The molecule has 1 atom stereocenters. The number of rotatable bonds is 7. The van der Waals surface area contributed by atoms with Crippen LogP contribution in [0.15, 0.2) is 29.2 Å². The van der Waals surface area contributed by atoms with Gasteiger partial charge in [0.25, 0.3) is 0 Å². The number of carbonyl (C=O) groups is 1. The van der Waals surface area contributed by atoms with Crippen molar-refractivity contribution >= 4 is 37.5 Å². The van der Waals surface area contributed by atoms with Gasteiger partial charge in [0, 0.05) is 24.0 Å². The van der Waals surface area contributed by atoms with Crippen molar-refractivity contribution in [1.29, 1.82) is 0 Å². The van der Waals surface area contributed by atoms with Gasteiger partial charge in [0.1, 0.15) is 0 Å². The second kappa shape index (κ2) is 7.75. The summed E-state index contributed by atoms with van der Waals surface area (Å²) in [6.07, 6.45) is 1.90. The van der Waals surface area contributed by atoms with Crippen LogP contribution in [0, 0.1) is 0 Å². The summed E-state index contributed by atoms with van der Waals surface area (Å²) in [5.74, 6) is -0.194. The Morgan fingerprint density at radius 1 is 1.30 bits per heavy atom. The first kappa shape index (κ1) is 17.1. The van der Waals surface area contributed by atoms with Crippen LogP contribution < -0.4 is 10.0 Å². The fourth-order valence-corrected chi connectivity index (χ4v) is 3.54. The zero-order valence-electron chi connectivity index (χ0n) is 11.5. The number of benzene rings is 1. The molecule has 0 radical (unpaired) electrons. The Balaban J connectivity index is 2.70. The number of alkyl halides is 1. The summed E-state index contributed by atoms with van der Waals surface area (Å²) in [4.78, 5) is 11.2. The third-order valence-corrected chi connectivity index (χ3v) is 4.80. The normalized spacial score (nSPS) is 12.9. The molecular formula is C13H19BrN2O3S. The molecule has 0 fully saturated rings. The van der Waals surface area contributed by atoms with Gasteiger partial charge in [-0.2, -0.15) is 0 Å². The van der Waals surface area contributed by atoms with E-state index in [0.29, 0.717) is 12.2 Å². The first-order chi connectivity index (χ1) is 9.35. The maximum atomic E-state index is 12.1. The number of carbonyl (C=O) groups excluding carboxylic acids is 1. The minimum Gasteiger partial charge on any atom is -0.326 e. The summed E-state index contributed by atoms with van der Waals surface area (Å²) in [6, 6.07) is 6.06. The molecule has 0 aliphatic carbocycles. The van der Waals surface area contributed by atoms with Crippen molar-refractivity contribution in [2.45, 2.75) is 36.4 Å². The first-order valence-corrected chi connectivity index (χ1v) is 8.76. The SMILES string of the molecule is CCCC(Br)CNS(=O)(=O)c1ccc(NC(C)=O)cc1. The average Bonchev–Trinajstić information content (AvgIpc) is 2.37. The van der Waals surface area contributed by atoms with Gasteiger partial charge in [0.15, 0.2) is 0 Å². The van der Waals surface area contributed by atoms with E-state index >= 15 is 0 Å². The molecule has 0 saturated carbocycles. The fourth-order valence-electron chi connectivity index (χ4n) is 1.62. The van der Waals surface area contributed by atoms with Crippen LogP contribution in [0.4, 0.5) is 5.69 Å². The highest BCUT2D eigenvalue weighted by atomic mass is 79.9. The zero-order chi connectivity index (χ0) is 15.2. The molecule has 0 aliphatic heterocycles. The van der Waals surface area contributed by atoms with E-state index in [1.807, 2.05) is 6.92 Å². The lowest BCUT2D eigenvalue weighted by molar-refractivity contribution is -0.114. The van der Waals surface area contributed by atoms with Gasteiger partial charge in [-0.05, 0) is 30.7 Å². The second-order valence-corrected chi connectivity index (χ2v) is 7.51. The Bertz CT molecular complexity index is 543. The molecule has 0 spiro atoms. The summed E-state index contributed by atoms with van der Waals surface area (Å²) in [6.45, 7) is 3.79. The lowest BCUT2D eigenvalue weighted by atomic mass is 10.2. The number of nitrogens with one attached hydrogen (secondary N) is 2. The fraction of sp³-hybridized carbons (Fsp3) is 0.462. The van der Waals surface area contributed by atoms with Crippen LogP contribution in [-0.2, 0) is 14.8 Å². The highest BCUT2D eigenvalue weighted by Gasteiger charge is 2.15. The monoisotopic (exact) mass is 362 g/mol. The number of halogens is 1. The molecule has 0 aromatic heterocycles. The summed E-state index contributed by atoms with van der Waals surface area (Å²) in [5, 5.41) is 2.59. The molecule has 0 heterocycles. The Morgan fingerprint density at radius 2 is 1.90 bits per heavy atom. The minimum atomic E-state index is -3.51. The van der Waals surface area contributed by atoms with E-state index in [-0.39, 0.29) is 15.6 Å². The quantitative estimate of drug-likeness (QED) is 0.731. The molecule has 5 nitrogen and oxygen atoms in total. The standard InChI is InChI=1S/C13H19BrN2O3S/c1-3-4-11(14)9-15-20(18,19)13-7-5-12(6-8-13)16-10(2)17/h5-8,11,15H,3-4,9H2,1-2H3,(H,16,17). The highest BCUT2D eigenvalue weighted by molar-refractivity contribution is 9.09. The van der Waals surface area contributed by atoms with Crippen LogP contribution in [0.1, 0.15) is 26.7 Å². The van der Waals surface area contributed by atoms with Crippen molar-refractivity contribution in [2.75, 3.05) is 11.9 Å². The van der Waals surface area contributed by atoms with E-state index in [2.05, 4.69) is 26.0 Å². The van der Waals surface area contributed by atoms with Crippen molar-refractivity contribution < 1.29 is 13.2 Å². The second-order valence-electron chi connectivity index (χ2n) is 4.44. The van der Waals surface area contributed by atoms with Gasteiger partial charge in [-0.3, -0.25) is 4.79 Å². The Hall–Kier alpha value is -0.920. The summed E-state index contributed by atoms with van der Waals surface area (Å²) in [5.41, 5.74) is 0.570. The van der Waals surface area contributed by atoms with E-state index in [0.717, 1.165) is 12.8 Å². The number of amides is 1. The maximum Gasteiger partial charge on any atom is 0.240 e. The zero-order valence-corrected chi connectivity index (χ0v) is 13.9. The van der Waals surface area contributed by atoms with Gasteiger partial charge < -0.3 is 5.32 Å². The molecule has 112 valence electrons. The average molecular weight is 363 g/mol. The molecule has 1 amide bonds. The van der Waals surface area contributed by atoms with E-state index in [4.69, 9.17) is 0 Å². The smallest absolute Gasteiger partial charge is 0.240 e. The molecule has 2 N–H and O–H groups in total. The van der Waals surface area contributed by atoms with Crippen molar-refractivity contribution in [1.82, 2.24) is 4.72 Å². The molecule has 1 aromatic rings. The Morgan fingerprint density at radius 3 is 2.40 bits per heavy atom. The molecule has 7 heteroatoms. The summed E-state index contributed by atoms with van der Waals surface area (Å²) < 4.78 is 26.7. The van der Waals surface area contributed by atoms with E-state index in [9.17, 15) is 13.2 Å². The largest absolute Gasteiger partial charge is 0.326 e. The van der Waals surface area contributed by atoms with Crippen molar-refractivity contribution in [2.24, 2.45) is 0 Å². The van der Waals surface area contributed by atoms with Crippen LogP contribution in [0.25, 0.3) is 0 Å². The lowest BCUT2D eigenvalue weighted by Crippen LogP contribution is -2.29. The summed E-state index contributed by atoms with van der Waals surface area (Å²) >= 11 is 3.43. The number of hydrogen-bond donors (Lipinski definition) is 2. The molecular weight excluding hydrogens is 344 g/mol. The maximum absolute atomic E-state index is 12.1. The predicted molar refractivity (Wildman–Crippen MR) is 83.6 cm³/mol. The number of anilines is 1. The molecule has 0 bridgehead atoms. The van der Waals surface area contributed by atoms with Crippen molar-refractivity contribution in [3.05, 3.63) is 24.3 Å². The van der Waals surface area contributed by atoms with Crippen molar-refractivity contribution in [3.63, 3.8) is 0 Å². The molecule has 0 saturated heterocycles. The van der Waals surface area contributed by atoms with Crippen molar-refractivity contribution in [3.8, 4) is 0 Å². The third-order valence-electron chi connectivity index (χ3n) is 2.58. The molecule has 20 heavy (non-hydrogen) atoms. The molecule has 1 rings (SSSR count). The highest BCUT2D eigenvalue weighted by Crippen LogP contribution is 2.15. The van der Waals surface area contributed by atoms with E-state index in [1.165, 1.54) is 19.1 Å². The van der Waals surface area contributed by atoms with Crippen LogP contribution >= 0.6 is 15.9 Å². The first-order valence-electron chi connectivity index (χ1n) is 6.36. The van der Waals surface area contributed by atoms with Crippen LogP contribution in [-0.4, -0.2) is 25.7 Å². The van der Waals surface area contributed by atoms with Gasteiger partial charge in [-0.25, -0.2) is 13.1 Å². The Kier molecular flexibility index (Phi) is 6.64. The molecule has 0 aliphatic rings. The molecule has 1 aromatic carbocycles. The van der Waals surface area contributed by atoms with Gasteiger partial charge >= 0.3 is 0 Å². The summed E-state index contributed by atoms with van der Waals surface area (Å²) in [7, 11) is -3.51. The van der Waals surface area contributed by atoms with Crippen LogP contribution in [0.2, 0.25) is 0 Å². The third kappa shape index (κ3) is 5.60. The number of sulfonamides is 1. The predicted octanol–water partition coefficient (Wildman–Crippen LogP) is 2.49. The van der Waals surface area contributed by atoms with Gasteiger partial charge in [0.05, 0.1) is 4.90 Å². The minimum absolute atomic E-state index is 0.126. The molecule has 1 unspecified atom stereocenters. The van der Waals surface area contributed by atoms with Gasteiger partial charge in [-0.1, -0.05) is 29.3 Å². The van der Waals surface area contributed by atoms with Gasteiger partial charge in [-0.15, -0.1) is 0 Å². The van der Waals surface area contributed by atoms with Crippen LogP contribution in [0.3, 0.4) is 0 Å². The van der Waals surface area contributed by atoms with E-state index < -0.39 is 10.0 Å².